The fraction of sp³-hybridized carbons (Fsp3) is 0.429. The molecule has 0 saturated carbocycles. The standard InChI is InChI=1S/C21H21NO7/c1-4-13-7-5-6-8-14(13)22-18(25)16-15-9-10-21(29-15,17(16)19(22)26)20(27-11(2)23)28-12(3)24/h5-10,15-17,20H,4H2,1-3H3/t15-,16-,17-,21-/m1/s1. The maximum absolute atomic E-state index is 13.4. The minimum atomic E-state index is -1.53. The zero-order valence-electron chi connectivity index (χ0n) is 16.3. The van der Waals surface area contributed by atoms with Crippen LogP contribution < -0.4 is 4.90 Å². The van der Waals surface area contributed by atoms with Crippen molar-refractivity contribution in [2.24, 2.45) is 11.8 Å². The zero-order valence-corrected chi connectivity index (χ0v) is 16.3. The molecule has 8 nitrogen and oxygen atoms in total. The van der Waals surface area contributed by atoms with Crippen molar-refractivity contribution < 1.29 is 33.4 Å². The summed E-state index contributed by atoms with van der Waals surface area (Å²) in [6, 6.07) is 7.21. The highest BCUT2D eigenvalue weighted by Gasteiger charge is 2.72. The van der Waals surface area contributed by atoms with Crippen molar-refractivity contribution in [2.75, 3.05) is 4.90 Å². The molecule has 152 valence electrons. The van der Waals surface area contributed by atoms with Crippen LogP contribution in [-0.4, -0.2) is 41.7 Å². The minimum absolute atomic E-state index is 0.374. The lowest BCUT2D eigenvalue weighted by Gasteiger charge is -2.34. The van der Waals surface area contributed by atoms with Crippen molar-refractivity contribution in [1.82, 2.24) is 0 Å². The van der Waals surface area contributed by atoms with E-state index in [9.17, 15) is 19.2 Å². The number of fused-ring (bicyclic) bond motifs is 5. The van der Waals surface area contributed by atoms with Crippen LogP contribution in [0.1, 0.15) is 26.3 Å². The van der Waals surface area contributed by atoms with Gasteiger partial charge in [0, 0.05) is 13.8 Å². The molecule has 0 aliphatic carbocycles. The molecule has 4 rings (SSSR count). The van der Waals surface area contributed by atoms with E-state index in [2.05, 4.69) is 0 Å². The van der Waals surface area contributed by atoms with Crippen molar-refractivity contribution in [3.8, 4) is 0 Å². The summed E-state index contributed by atoms with van der Waals surface area (Å²) in [5.41, 5.74) is -0.138. The van der Waals surface area contributed by atoms with Gasteiger partial charge in [0.2, 0.25) is 11.8 Å². The highest BCUT2D eigenvalue weighted by molar-refractivity contribution is 6.23. The number of carbonyl (C=O) groups excluding carboxylic acids is 4. The van der Waals surface area contributed by atoms with Gasteiger partial charge in [0.15, 0.2) is 5.60 Å². The Balaban J connectivity index is 1.77. The van der Waals surface area contributed by atoms with Gasteiger partial charge in [0.05, 0.1) is 23.6 Å². The van der Waals surface area contributed by atoms with Crippen molar-refractivity contribution in [2.45, 2.75) is 45.2 Å². The molecular formula is C21H21NO7. The second-order valence-electron chi connectivity index (χ2n) is 7.34. The number of benzene rings is 1. The topological polar surface area (TPSA) is 99.2 Å². The van der Waals surface area contributed by atoms with E-state index < -0.39 is 47.7 Å². The largest absolute Gasteiger partial charge is 0.422 e. The fourth-order valence-electron chi connectivity index (χ4n) is 4.48. The second-order valence-corrected chi connectivity index (χ2v) is 7.34. The van der Waals surface area contributed by atoms with Crippen molar-refractivity contribution in [3.63, 3.8) is 0 Å². The smallest absolute Gasteiger partial charge is 0.305 e. The zero-order chi connectivity index (χ0) is 20.9. The lowest BCUT2D eigenvalue weighted by atomic mass is 9.76. The highest BCUT2D eigenvalue weighted by atomic mass is 16.7. The van der Waals surface area contributed by atoms with Gasteiger partial charge < -0.3 is 14.2 Å². The molecule has 0 unspecified atom stereocenters. The molecular weight excluding hydrogens is 378 g/mol. The molecule has 2 bridgehead atoms. The van der Waals surface area contributed by atoms with Crippen LogP contribution in [0, 0.1) is 11.8 Å². The molecule has 1 aromatic carbocycles. The maximum Gasteiger partial charge on any atom is 0.305 e. The van der Waals surface area contributed by atoms with Gasteiger partial charge in [-0.15, -0.1) is 0 Å². The van der Waals surface area contributed by atoms with Crippen LogP contribution in [0.5, 0.6) is 0 Å². The summed E-state index contributed by atoms with van der Waals surface area (Å²) in [5.74, 6) is -3.96. The van der Waals surface area contributed by atoms with Gasteiger partial charge in [-0.2, -0.15) is 0 Å². The number of rotatable bonds is 5. The van der Waals surface area contributed by atoms with Gasteiger partial charge >= 0.3 is 11.9 Å². The SMILES string of the molecule is CCc1ccccc1N1C(=O)[C@@H]2[C@H]3C=C[C@@](C(OC(C)=O)OC(C)=O)(O3)[C@H]2C1=O. The number of hydrogen-bond acceptors (Lipinski definition) is 7. The molecule has 1 aromatic rings. The van der Waals surface area contributed by atoms with E-state index in [1.807, 2.05) is 19.1 Å². The molecule has 29 heavy (non-hydrogen) atoms. The van der Waals surface area contributed by atoms with Crippen LogP contribution in [-0.2, 0) is 39.8 Å². The summed E-state index contributed by atoms with van der Waals surface area (Å²) in [4.78, 5) is 51.1. The first-order valence-corrected chi connectivity index (χ1v) is 9.47. The van der Waals surface area contributed by atoms with Crippen molar-refractivity contribution in [1.29, 1.82) is 0 Å². The Hall–Kier alpha value is -3.00. The van der Waals surface area contributed by atoms with Gasteiger partial charge in [-0.3, -0.25) is 19.2 Å². The van der Waals surface area contributed by atoms with E-state index in [0.717, 1.165) is 5.56 Å². The number of anilines is 1. The summed E-state index contributed by atoms with van der Waals surface area (Å²) in [7, 11) is 0. The first-order valence-electron chi connectivity index (χ1n) is 9.47. The van der Waals surface area contributed by atoms with Crippen LogP contribution in [0.15, 0.2) is 36.4 Å². The number of esters is 2. The average molecular weight is 399 g/mol. The molecule has 4 atom stereocenters. The van der Waals surface area contributed by atoms with Gasteiger partial charge in [0.1, 0.15) is 0 Å². The van der Waals surface area contributed by atoms with E-state index in [0.29, 0.717) is 12.1 Å². The Morgan fingerprint density at radius 2 is 1.79 bits per heavy atom. The summed E-state index contributed by atoms with van der Waals surface area (Å²) < 4.78 is 16.3. The summed E-state index contributed by atoms with van der Waals surface area (Å²) in [6.45, 7) is 4.28. The molecule has 0 aromatic heterocycles. The van der Waals surface area contributed by atoms with E-state index >= 15 is 0 Å². The lowest BCUT2D eigenvalue weighted by molar-refractivity contribution is -0.226. The number of para-hydroxylation sites is 1. The highest BCUT2D eigenvalue weighted by Crippen LogP contribution is 2.54. The predicted molar refractivity (Wildman–Crippen MR) is 99.4 cm³/mol. The Kier molecular flexibility index (Phi) is 4.53. The molecule has 0 spiro atoms. The van der Waals surface area contributed by atoms with Crippen LogP contribution in [0.25, 0.3) is 0 Å². The fourth-order valence-corrected chi connectivity index (χ4v) is 4.48. The van der Waals surface area contributed by atoms with Gasteiger partial charge in [-0.25, -0.2) is 4.90 Å². The Morgan fingerprint density at radius 1 is 1.14 bits per heavy atom. The Bertz CT molecular complexity index is 923. The third kappa shape index (κ3) is 2.78. The molecule has 0 N–H and O–H groups in total. The molecule has 3 heterocycles. The quantitative estimate of drug-likeness (QED) is 0.320. The number of carbonyl (C=O) groups is 4. The van der Waals surface area contributed by atoms with Crippen LogP contribution in [0.2, 0.25) is 0 Å². The van der Waals surface area contributed by atoms with Crippen molar-refractivity contribution >= 4 is 29.4 Å². The third-order valence-corrected chi connectivity index (χ3v) is 5.61. The monoisotopic (exact) mass is 399 g/mol. The number of aryl methyl sites for hydroxylation is 1. The Labute approximate surface area is 167 Å². The van der Waals surface area contributed by atoms with Crippen LogP contribution in [0.4, 0.5) is 5.69 Å². The number of imide groups is 1. The van der Waals surface area contributed by atoms with E-state index in [1.165, 1.54) is 18.7 Å². The molecule has 2 amide bonds. The first kappa shape index (κ1) is 19.3. The number of nitrogens with zero attached hydrogens (tertiary/aromatic N) is 1. The summed E-state index contributed by atoms with van der Waals surface area (Å²) in [5, 5.41) is 0. The Morgan fingerprint density at radius 3 is 2.41 bits per heavy atom. The molecule has 3 aliphatic rings. The molecule has 0 radical (unpaired) electrons. The molecule has 8 heteroatoms. The lowest BCUT2D eigenvalue weighted by Crippen LogP contribution is -2.52. The van der Waals surface area contributed by atoms with Gasteiger partial charge in [0.25, 0.3) is 6.29 Å². The van der Waals surface area contributed by atoms with E-state index in [1.54, 1.807) is 24.3 Å². The second kappa shape index (κ2) is 6.81. The van der Waals surface area contributed by atoms with Crippen molar-refractivity contribution in [3.05, 3.63) is 42.0 Å². The van der Waals surface area contributed by atoms with Crippen LogP contribution >= 0.6 is 0 Å². The molecule has 2 saturated heterocycles. The summed E-state index contributed by atoms with van der Waals surface area (Å²) in [6.07, 6.45) is 1.74. The maximum atomic E-state index is 13.4. The van der Waals surface area contributed by atoms with E-state index in [-0.39, 0.29) is 5.91 Å². The number of amides is 2. The molecule has 3 aliphatic heterocycles. The average Bonchev–Trinajstić information content (AvgIpc) is 3.32. The molecule has 2 fully saturated rings. The van der Waals surface area contributed by atoms with E-state index in [4.69, 9.17) is 14.2 Å². The van der Waals surface area contributed by atoms with Gasteiger partial charge in [-0.05, 0) is 24.1 Å². The number of hydrogen-bond donors (Lipinski definition) is 0. The number of ether oxygens (including phenoxy) is 3. The minimum Gasteiger partial charge on any atom is -0.422 e. The first-order chi connectivity index (χ1) is 13.8. The van der Waals surface area contributed by atoms with Gasteiger partial charge in [-0.1, -0.05) is 31.2 Å². The third-order valence-electron chi connectivity index (χ3n) is 5.61. The van der Waals surface area contributed by atoms with Crippen LogP contribution in [0.3, 0.4) is 0 Å². The normalized spacial score (nSPS) is 29.5. The predicted octanol–water partition coefficient (Wildman–Crippen LogP) is 1.51. The summed E-state index contributed by atoms with van der Waals surface area (Å²) >= 11 is 0.